The van der Waals surface area contributed by atoms with E-state index in [1.165, 1.54) is 12.1 Å². The van der Waals surface area contributed by atoms with E-state index < -0.39 is 0 Å². The monoisotopic (exact) mass is 536 g/mol. The second-order valence-electron chi connectivity index (χ2n) is 6.36. The van der Waals surface area contributed by atoms with Gasteiger partial charge in [-0.2, -0.15) is 11.8 Å². The van der Waals surface area contributed by atoms with E-state index in [0.717, 1.165) is 36.3 Å². The molecule has 0 aliphatic rings. The smallest absolute Gasteiger partial charge is 0.194 e. The highest BCUT2D eigenvalue weighted by molar-refractivity contribution is 14.0. The first-order valence-electron chi connectivity index (χ1n) is 9.23. The lowest BCUT2D eigenvalue weighted by atomic mass is 10.3. The molecule has 10 heteroatoms. The zero-order valence-electron chi connectivity index (χ0n) is 17.4. The van der Waals surface area contributed by atoms with Gasteiger partial charge >= 0.3 is 0 Å². The van der Waals surface area contributed by atoms with E-state index in [4.69, 9.17) is 9.73 Å². The Labute approximate surface area is 193 Å². The predicted molar refractivity (Wildman–Crippen MR) is 128 cm³/mol. The molecule has 0 bridgehead atoms. The Morgan fingerprint density at radius 2 is 2.03 bits per heavy atom. The predicted octanol–water partition coefficient (Wildman–Crippen LogP) is 3.09. The van der Waals surface area contributed by atoms with Crippen LogP contribution in [0, 0.1) is 12.7 Å². The van der Waals surface area contributed by atoms with Crippen LogP contribution < -0.4 is 10.1 Å². The van der Waals surface area contributed by atoms with E-state index in [9.17, 15) is 4.39 Å². The molecule has 0 radical (unpaired) electrons. The van der Waals surface area contributed by atoms with E-state index >= 15 is 0 Å². The lowest BCUT2D eigenvalue weighted by Gasteiger charge is -2.22. The van der Waals surface area contributed by atoms with Gasteiger partial charge in [0, 0.05) is 20.6 Å². The Hall–Kier alpha value is -1.56. The fraction of sp³-hybridized carbons (Fsp3) is 0.526. The van der Waals surface area contributed by atoms with Gasteiger partial charge in [0.2, 0.25) is 0 Å². The average molecular weight is 536 g/mol. The Kier molecular flexibility index (Phi) is 12.0. The molecule has 0 amide bonds. The number of ether oxygens (including phenoxy) is 1. The number of aliphatic imine (C=N–C) groups is 1. The number of nitrogens with one attached hydrogen (secondary N) is 1. The number of hydrogen-bond donors (Lipinski definition) is 1. The number of guanidine groups is 1. The van der Waals surface area contributed by atoms with Gasteiger partial charge in [0.15, 0.2) is 11.8 Å². The van der Waals surface area contributed by atoms with Crippen molar-refractivity contribution >= 4 is 41.7 Å². The highest BCUT2D eigenvalue weighted by atomic mass is 127. The van der Waals surface area contributed by atoms with E-state index in [1.807, 2.05) is 42.2 Å². The van der Waals surface area contributed by atoms with Crippen molar-refractivity contribution in [1.29, 1.82) is 0 Å². The highest BCUT2D eigenvalue weighted by Gasteiger charge is 2.09. The summed E-state index contributed by atoms with van der Waals surface area (Å²) < 4.78 is 20.6. The molecule has 0 aliphatic carbocycles. The van der Waals surface area contributed by atoms with Crippen LogP contribution in [0.25, 0.3) is 0 Å². The first-order valence-corrected chi connectivity index (χ1v) is 10.6. The highest BCUT2D eigenvalue weighted by Crippen LogP contribution is 2.10. The second-order valence-corrected chi connectivity index (χ2v) is 7.34. The van der Waals surface area contributed by atoms with Crippen LogP contribution in [-0.4, -0.2) is 64.4 Å². The molecule has 0 saturated carbocycles. The summed E-state index contributed by atoms with van der Waals surface area (Å²) in [4.78, 5) is 6.72. The third-order valence-corrected chi connectivity index (χ3v) is 4.93. The van der Waals surface area contributed by atoms with Gasteiger partial charge in [-0.1, -0.05) is 0 Å². The number of rotatable bonds is 10. The average Bonchev–Trinajstić information content (AvgIpc) is 3.01. The number of aromatic nitrogens is 3. The maximum absolute atomic E-state index is 13.0. The molecule has 0 unspecified atom stereocenters. The topological polar surface area (TPSA) is 67.6 Å². The lowest BCUT2D eigenvalue weighted by molar-refractivity contribution is 0.281. The SMILES string of the molecule is CSCCCNC(=NCc1nnc(C)n1C)N(C)CCOc1ccc(F)cc1.I. The van der Waals surface area contributed by atoms with Crippen LogP contribution in [0.1, 0.15) is 18.1 Å². The van der Waals surface area contributed by atoms with Crippen LogP contribution >= 0.6 is 35.7 Å². The number of thioether (sulfide) groups is 1. The van der Waals surface area contributed by atoms with Gasteiger partial charge in [-0.15, -0.1) is 34.2 Å². The van der Waals surface area contributed by atoms with Crippen molar-refractivity contribution in [2.75, 3.05) is 38.8 Å². The minimum Gasteiger partial charge on any atom is -0.492 e. The number of benzene rings is 1. The van der Waals surface area contributed by atoms with Crippen LogP contribution in [0.5, 0.6) is 5.75 Å². The molecule has 0 spiro atoms. The molecule has 0 fully saturated rings. The van der Waals surface area contributed by atoms with Crippen molar-refractivity contribution in [2.45, 2.75) is 19.9 Å². The second kappa shape index (κ2) is 13.6. The minimum atomic E-state index is -0.271. The first-order chi connectivity index (χ1) is 13.5. The first kappa shape index (κ1) is 25.5. The van der Waals surface area contributed by atoms with Crippen molar-refractivity contribution in [2.24, 2.45) is 12.0 Å². The fourth-order valence-corrected chi connectivity index (χ4v) is 2.83. The normalized spacial score (nSPS) is 11.1. The van der Waals surface area contributed by atoms with Crippen molar-refractivity contribution in [3.05, 3.63) is 41.7 Å². The lowest BCUT2D eigenvalue weighted by Crippen LogP contribution is -2.41. The molecule has 1 aromatic heterocycles. The van der Waals surface area contributed by atoms with Gasteiger partial charge in [0.1, 0.15) is 30.5 Å². The molecule has 1 N–H and O–H groups in total. The molecule has 2 aromatic rings. The minimum absolute atomic E-state index is 0. The third kappa shape index (κ3) is 8.77. The zero-order valence-corrected chi connectivity index (χ0v) is 20.5. The van der Waals surface area contributed by atoms with Crippen molar-refractivity contribution in [1.82, 2.24) is 25.0 Å². The molecule has 29 heavy (non-hydrogen) atoms. The van der Waals surface area contributed by atoms with Crippen molar-refractivity contribution in [3.8, 4) is 5.75 Å². The summed E-state index contributed by atoms with van der Waals surface area (Å²) in [7, 11) is 3.91. The molecular formula is C19H30FIN6OS. The fourth-order valence-electron chi connectivity index (χ4n) is 2.40. The Morgan fingerprint density at radius 3 is 2.66 bits per heavy atom. The summed E-state index contributed by atoms with van der Waals surface area (Å²) in [5.74, 6) is 3.95. The molecule has 162 valence electrons. The van der Waals surface area contributed by atoms with Gasteiger partial charge < -0.3 is 19.5 Å². The van der Waals surface area contributed by atoms with Gasteiger partial charge in [-0.25, -0.2) is 9.38 Å². The van der Waals surface area contributed by atoms with E-state index in [2.05, 4.69) is 21.8 Å². The zero-order chi connectivity index (χ0) is 20.4. The van der Waals surface area contributed by atoms with E-state index in [1.54, 1.807) is 12.1 Å². The van der Waals surface area contributed by atoms with Gasteiger partial charge in [0.05, 0.1) is 6.54 Å². The van der Waals surface area contributed by atoms with Gasteiger partial charge in [0.25, 0.3) is 0 Å². The Morgan fingerprint density at radius 1 is 1.31 bits per heavy atom. The number of likely N-dealkylation sites (N-methyl/N-ethyl adjacent to an activating group) is 1. The van der Waals surface area contributed by atoms with Crippen molar-refractivity contribution in [3.63, 3.8) is 0 Å². The summed E-state index contributed by atoms with van der Waals surface area (Å²) >= 11 is 1.83. The third-order valence-electron chi connectivity index (χ3n) is 4.23. The molecule has 2 rings (SSSR count). The number of nitrogens with zero attached hydrogens (tertiary/aromatic N) is 5. The summed E-state index contributed by atoms with van der Waals surface area (Å²) in [6, 6.07) is 6.03. The van der Waals surface area contributed by atoms with E-state index in [0.29, 0.717) is 25.4 Å². The molecule has 0 saturated heterocycles. The van der Waals surface area contributed by atoms with Crippen LogP contribution in [0.4, 0.5) is 4.39 Å². The maximum atomic E-state index is 13.0. The Bertz CT molecular complexity index is 756. The molecule has 1 heterocycles. The maximum Gasteiger partial charge on any atom is 0.194 e. The molecule has 0 aliphatic heterocycles. The summed E-state index contributed by atoms with van der Waals surface area (Å²) in [6.07, 6.45) is 3.16. The molecule has 7 nitrogen and oxygen atoms in total. The molecule has 0 atom stereocenters. The summed E-state index contributed by atoms with van der Waals surface area (Å²) in [5.41, 5.74) is 0. The summed E-state index contributed by atoms with van der Waals surface area (Å²) in [5, 5.41) is 11.6. The molecular weight excluding hydrogens is 506 g/mol. The number of halogens is 2. The summed E-state index contributed by atoms with van der Waals surface area (Å²) in [6.45, 7) is 4.33. The number of hydrogen-bond acceptors (Lipinski definition) is 5. The quantitative estimate of drug-likeness (QED) is 0.218. The van der Waals surface area contributed by atoms with Crippen molar-refractivity contribution < 1.29 is 9.13 Å². The van der Waals surface area contributed by atoms with Crippen LogP contribution in [0.3, 0.4) is 0 Å². The Balaban J connectivity index is 0.00000420. The van der Waals surface area contributed by atoms with Crippen LogP contribution in [0.15, 0.2) is 29.3 Å². The van der Waals surface area contributed by atoms with E-state index in [-0.39, 0.29) is 29.8 Å². The van der Waals surface area contributed by atoms with Gasteiger partial charge in [-0.05, 0) is 49.6 Å². The largest absolute Gasteiger partial charge is 0.492 e. The van der Waals surface area contributed by atoms with Gasteiger partial charge in [-0.3, -0.25) is 0 Å². The molecule has 1 aromatic carbocycles. The number of aryl methyl sites for hydroxylation is 1. The van der Waals surface area contributed by atoms with Crippen LogP contribution in [0.2, 0.25) is 0 Å². The standard InChI is InChI=1S/C19H29FN6OS.HI/c1-15-23-24-18(26(15)3)14-22-19(21-10-5-13-28-4)25(2)11-12-27-17-8-6-16(20)7-9-17;/h6-9H,5,10-14H2,1-4H3,(H,21,22);1H. The van der Waals surface area contributed by atoms with Crippen LogP contribution in [-0.2, 0) is 13.6 Å².